The molecule has 1 aliphatic heterocycles. The van der Waals surface area contributed by atoms with E-state index in [4.69, 9.17) is 0 Å². The summed E-state index contributed by atoms with van der Waals surface area (Å²) in [5.74, 6) is -0.265. The van der Waals surface area contributed by atoms with Gasteiger partial charge in [-0.25, -0.2) is 0 Å². The number of carbonyl (C=O) groups is 1. The van der Waals surface area contributed by atoms with Crippen LogP contribution in [0.3, 0.4) is 0 Å². The third kappa shape index (κ3) is 4.62. The van der Waals surface area contributed by atoms with E-state index in [0.29, 0.717) is 17.7 Å². The second-order valence-corrected chi connectivity index (χ2v) is 6.63. The molecule has 0 radical (unpaired) electrons. The first-order valence-corrected chi connectivity index (χ1v) is 9.11. The zero-order valence-corrected chi connectivity index (χ0v) is 15.4. The van der Waals surface area contributed by atoms with Gasteiger partial charge in [-0.05, 0) is 25.1 Å². The van der Waals surface area contributed by atoms with Crippen LogP contribution in [0.4, 0.5) is 11.4 Å². The van der Waals surface area contributed by atoms with Crippen molar-refractivity contribution in [1.29, 1.82) is 0 Å². The van der Waals surface area contributed by atoms with E-state index >= 15 is 0 Å². The Morgan fingerprint density at radius 1 is 1.07 bits per heavy atom. The number of piperazine rings is 1. The summed E-state index contributed by atoms with van der Waals surface area (Å²) in [4.78, 5) is 27.6. The lowest BCUT2D eigenvalue weighted by Crippen LogP contribution is -2.48. The monoisotopic (exact) mass is 368 g/mol. The predicted octanol–water partition coefficient (Wildman–Crippen LogP) is 2.46. The first-order valence-electron chi connectivity index (χ1n) is 9.11. The summed E-state index contributed by atoms with van der Waals surface area (Å²) in [7, 11) is 0. The molecule has 142 valence electrons. The van der Waals surface area contributed by atoms with E-state index < -0.39 is 4.92 Å². The van der Waals surface area contributed by atoms with Gasteiger partial charge in [-0.1, -0.05) is 24.3 Å². The number of carbonyl (C=O) groups excluding carboxylic acids is 1. The molecule has 0 saturated carbocycles. The standard InChI is InChI=1S/C20H24N4O3/c1-16-18(8-5-9-19(16)24(26)27)20(25)21-10-11-22-12-14-23(15-13-22)17-6-3-2-4-7-17/h2-9H,10-15H2,1H3,(H,21,25). The normalized spacial score (nSPS) is 14.8. The molecule has 0 bridgehead atoms. The number of nitro groups is 1. The second kappa shape index (κ2) is 8.64. The molecule has 3 rings (SSSR count). The zero-order chi connectivity index (χ0) is 19.2. The number of hydrogen-bond acceptors (Lipinski definition) is 5. The second-order valence-electron chi connectivity index (χ2n) is 6.63. The minimum atomic E-state index is -0.460. The van der Waals surface area contributed by atoms with Crippen molar-refractivity contribution in [2.75, 3.05) is 44.2 Å². The Labute approximate surface area is 158 Å². The van der Waals surface area contributed by atoms with Crippen molar-refractivity contribution in [1.82, 2.24) is 10.2 Å². The van der Waals surface area contributed by atoms with E-state index in [1.54, 1.807) is 19.1 Å². The van der Waals surface area contributed by atoms with Crippen molar-refractivity contribution in [3.63, 3.8) is 0 Å². The van der Waals surface area contributed by atoms with Crippen LogP contribution in [-0.2, 0) is 0 Å². The highest BCUT2D eigenvalue weighted by Gasteiger charge is 2.19. The lowest BCUT2D eigenvalue weighted by molar-refractivity contribution is -0.385. The van der Waals surface area contributed by atoms with Gasteiger partial charge in [-0.3, -0.25) is 19.8 Å². The molecule has 7 heteroatoms. The van der Waals surface area contributed by atoms with Crippen molar-refractivity contribution in [3.8, 4) is 0 Å². The minimum absolute atomic E-state index is 0.0281. The molecule has 2 aromatic rings. The molecule has 1 amide bonds. The maximum atomic E-state index is 12.4. The maximum Gasteiger partial charge on any atom is 0.273 e. The molecule has 1 fully saturated rings. The number of hydrogen-bond donors (Lipinski definition) is 1. The number of nitrogens with one attached hydrogen (secondary N) is 1. The van der Waals surface area contributed by atoms with E-state index in [1.165, 1.54) is 11.8 Å². The summed E-state index contributed by atoms with van der Waals surface area (Å²) in [5, 5.41) is 13.9. The van der Waals surface area contributed by atoms with Gasteiger partial charge in [0.05, 0.1) is 4.92 Å². The highest BCUT2D eigenvalue weighted by atomic mass is 16.6. The Morgan fingerprint density at radius 3 is 2.44 bits per heavy atom. The number of rotatable bonds is 6. The number of para-hydroxylation sites is 1. The molecule has 1 N–H and O–H groups in total. The van der Waals surface area contributed by atoms with Gasteiger partial charge < -0.3 is 10.2 Å². The molecule has 0 aromatic heterocycles. The minimum Gasteiger partial charge on any atom is -0.369 e. The number of benzene rings is 2. The third-order valence-electron chi connectivity index (χ3n) is 4.95. The van der Waals surface area contributed by atoms with Gasteiger partial charge in [0.1, 0.15) is 0 Å². The summed E-state index contributed by atoms with van der Waals surface area (Å²) >= 11 is 0. The SMILES string of the molecule is Cc1c(C(=O)NCCN2CCN(c3ccccc3)CC2)cccc1[N+](=O)[O-]. The molecule has 1 heterocycles. The van der Waals surface area contributed by atoms with Crippen LogP contribution in [0.1, 0.15) is 15.9 Å². The Hall–Kier alpha value is -2.93. The van der Waals surface area contributed by atoms with Crippen molar-refractivity contribution < 1.29 is 9.72 Å². The summed E-state index contributed by atoms with van der Waals surface area (Å²) in [6.07, 6.45) is 0. The first-order chi connectivity index (χ1) is 13.1. The average Bonchev–Trinajstić information content (AvgIpc) is 2.69. The molecule has 0 atom stereocenters. The van der Waals surface area contributed by atoms with Crippen LogP contribution in [-0.4, -0.2) is 55.0 Å². The molecule has 2 aromatic carbocycles. The summed E-state index contributed by atoms with van der Waals surface area (Å²) in [6, 6.07) is 14.9. The van der Waals surface area contributed by atoms with Crippen LogP contribution in [0.25, 0.3) is 0 Å². The molecule has 27 heavy (non-hydrogen) atoms. The molecule has 7 nitrogen and oxygen atoms in total. The van der Waals surface area contributed by atoms with Crippen LogP contribution in [0.2, 0.25) is 0 Å². The number of nitrogens with zero attached hydrogens (tertiary/aromatic N) is 3. The van der Waals surface area contributed by atoms with E-state index in [2.05, 4.69) is 27.2 Å². The molecule has 1 aliphatic rings. The Balaban J connectivity index is 1.46. The number of anilines is 1. The van der Waals surface area contributed by atoms with E-state index in [1.807, 2.05) is 18.2 Å². The molecule has 0 aliphatic carbocycles. The van der Waals surface area contributed by atoms with Gasteiger partial charge in [-0.2, -0.15) is 0 Å². The Morgan fingerprint density at radius 2 is 1.78 bits per heavy atom. The quantitative estimate of drug-likeness (QED) is 0.626. The van der Waals surface area contributed by atoms with Crippen LogP contribution < -0.4 is 10.2 Å². The fraction of sp³-hybridized carbons (Fsp3) is 0.350. The summed E-state index contributed by atoms with van der Waals surface area (Å²) < 4.78 is 0. The fourth-order valence-corrected chi connectivity index (χ4v) is 3.36. The highest BCUT2D eigenvalue weighted by molar-refractivity contribution is 5.96. The van der Waals surface area contributed by atoms with Gasteiger partial charge >= 0.3 is 0 Å². The summed E-state index contributed by atoms with van der Waals surface area (Å²) in [6.45, 7) is 6.70. The number of amides is 1. The van der Waals surface area contributed by atoms with Crippen LogP contribution in [0.15, 0.2) is 48.5 Å². The lowest BCUT2D eigenvalue weighted by Gasteiger charge is -2.36. The maximum absolute atomic E-state index is 12.4. The number of nitro benzene ring substituents is 1. The molecular formula is C20H24N4O3. The molecule has 0 spiro atoms. The first kappa shape index (κ1) is 18.8. The van der Waals surface area contributed by atoms with Gasteiger partial charge in [0.2, 0.25) is 0 Å². The third-order valence-corrected chi connectivity index (χ3v) is 4.95. The van der Waals surface area contributed by atoms with Gasteiger partial charge in [0, 0.05) is 62.1 Å². The van der Waals surface area contributed by atoms with Gasteiger partial charge in [0.15, 0.2) is 0 Å². The molecule has 1 saturated heterocycles. The molecule has 0 unspecified atom stereocenters. The van der Waals surface area contributed by atoms with Crippen LogP contribution in [0.5, 0.6) is 0 Å². The van der Waals surface area contributed by atoms with Crippen molar-refractivity contribution in [2.45, 2.75) is 6.92 Å². The van der Waals surface area contributed by atoms with E-state index in [9.17, 15) is 14.9 Å². The van der Waals surface area contributed by atoms with Crippen LogP contribution in [0, 0.1) is 17.0 Å². The largest absolute Gasteiger partial charge is 0.369 e. The molecular weight excluding hydrogens is 344 g/mol. The Kier molecular flexibility index (Phi) is 6.03. The van der Waals surface area contributed by atoms with E-state index in [-0.39, 0.29) is 11.6 Å². The van der Waals surface area contributed by atoms with E-state index in [0.717, 1.165) is 32.7 Å². The van der Waals surface area contributed by atoms with Gasteiger partial charge in [0.25, 0.3) is 11.6 Å². The van der Waals surface area contributed by atoms with Crippen molar-refractivity contribution in [2.24, 2.45) is 0 Å². The summed E-state index contributed by atoms with van der Waals surface area (Å²) in [5.41, 5.74) is 1.97. The lowest BCUT2D eigenvalue weighted by atomic mass is 10.1. The highest BCUT2D eigenvalue weighted by Crippen LogP contribution is 2.21. The van der Waals surface area contributed by atoms with Crippen LogP contribution >= 0.6 is 0 Å². The fourth-order valence-electron chi connectivity index (χ4n) is 3.36. The van der Waals surface area contributed by atoms with Gasteiger partial charge in [-0.15, -0.1) is 0 Å². The topological polar surface area (TPSA) is 78.7 Å². The smallest absolute Gasteiger partial charge is 0.273 e. The average molecular weight is 368 g/mol. The zero-order valence-electron chi connectivity index (χ0n) is 15.4. The van der Waals surface area contributed by atoms with Crippen molar-refractivity contribution >= 4 is 17.3 Å². The predicted molar refractivity (Wildman–Crippen MR) is 105 cm³/mol. The Bertz CT molecular complexity index is 802. The van der Waals surface area contributed by atoms with Crippen molar-refractivity contribution in [3.05, 3.63) is 69.8 Å².